The minimum Gasteiger partial charge on any atom is -0.443 e. The van der Waals surface area contributed by atoms with E-state index in [4.69, 9.17) is 4.74 Å². The van der Waals surface area contributed by atoms with Gasteiger partial charge in [0.2, 0.25) is 5.56 Å². The number of benzene rings is 1. The summed E-state index contributed by atoms with van der Waals surface area (Å²) >= 11 is 0. The van der Waals surface area contributed by atoms with Crippen LogP contribution in [0.3, 0.4) is 0 Å². The van der Waals surface area contributed by atoms with Crippen LogP contribution in [0.25, 0.3) is 22.2 Å². The summed E-state index contributed by atoms with van der Waals surface area (Å²) in [6, 6.07) is 11.4. The molecule has 0 radical (unpaired) electrons. The third-order valence-electron chi connectivity index (χ3n) is 3.68. The van der Waals surface area contributed by atoms with Gasteiger partial charge in [0.05, 0.1) is 5.69 Å². The third-order valence-corrected chi connectivity index (χ3v) is 4.62. The van der Waals surface area contributed by atoms with Gasteiger partial charge in [-0.3, -0.25) is 9.52 Å². The van der Waals surface area contributed by atoms with Crippen LogP contribution in [0.15, 0.2) is 53.5 Å². The Labute approximate surface area is 167 Å². The summed E-state index contributed by atoms with van der Waals surface area (Å²) in [4.78, 5) is 30.0. The Morgan fingerprint density at radius 2 is 1.90 bits per heavy atom. The molecule has 3 aromatic rings. The van der Waals surface area contributed by atoms with Gasteiger partial charge in [0.1, 0.15) is 11.2 Å². The smallest absolute Gasteiger partial charge is 0.422 e. The van der Waals surface area contributed by atoms with Crippen LogP contribution in [0.5, 0.6) is 0 Å². The van der Waals surface area contributed by atoms with Crippen LogP contribution in [0.1, 0.15) is 20.8 Å². The van der Waals surface area contributed by atoms with Gasteiger partial charge >= 0.3 is 16.3 Å². The zero-order valence-corrected chi connectivity index (χ0v) is 16.8. The van der Waals surface area contributed by atoms with Gasteiger partial charge in [0.15, 0.2) is 0 Å². The SMILES string of the molecule is CC(C)(C)OC(=O)NS(=O)(=O)Nc1cccc(-c2ccnc3[nH]c(=O)ccc23)c1. The highest BCUT2D eigenvalue weighted by Crippen LogP contribution is 2.28. The number of rotatable bonds is 4. The largest absolute Gasteiger partial charge is 0.443 e. The molecule has 152 valence electrons. The van der Waals surface area contributed by atoms with Gasteiger partial charge in [-0.15, -0.1) is 0 Å². The number of hydrogen-bond donors (Lipinski definition) is 3. The fourth-order valence-electron chi connectivity index (χ4n) is 2.65. The molecule has 0 aliphatic carbocycles. The molecule has 1 amide bonds. The van der Waals surface area contributed by atoms with Crippen LogP contribution in [0.2, 0.25) is 0 Å². The number of aromatic amines is 1. The normalized spacial score (nSPS) is 11.8. The van der Waals surface area contributed by atoms with E-state index >= 15 is 0 Å². The van der Waals surface area contributed by atoms with E-state index in [1.165, 1.54) is 6.07 Å². The summed E-state index contributed by atoms with van der Waals surface area (Å²) < 4.78 is 33.5. The van der Waals surface area contributed by atoms with E-state index in [1.807, 2.05) is 0 Å². The molecular formula is C19H20N4O5S. The molecule has 2 aromatic heterocycles. The van der Waals surface area contributed by atoms with Crippen LogP contribution >= 0.6 is 0 Å². The molecule has 0 aliphatic rings. The molecule has 2 heterocycles. The highest BCUT2D eigenvalue weighted by molar-refractivity contribution is 7.91. The summed E-state index contributed by atoms with van der Waals surface area (Å²) in [5.41, 5.74) is 1.02. The predicted octanol–water partition coefficient (Wildman–Crippen LogP) is 2.77. The maximum Gasteiger partial charge on any atom is 0.422 e. The van der Waals surface area contributed by atoms with Crippen molar-refractivity contribution in [3.63, 3.8) is 0 Å². The van der Waals surface area contributed by atoms with E-state index in [-0.39, 0.29) is 11.2 Å². The van der Waals surface area contributed by atoms with Gasteiger partial charge in [-0.05, 0) is 56.2 Å². The van der Waals surface area contributed by atoms with Crippen molar-refractivity contribution in [2.45, 2.75) is 26.4 Å². The number of nitrogens with one attached hydrogen (secondary N) is 3. The van der Waals surface area contributed by atoms with E-state index in [9.17, 15) is 18.0 Å². The Morgan fingerprint density at radius 3 is 2.62 bits per heavy atom. The molecule has 0 spiro atoms. The molecule has 0 atom stereocenters. The lowest BCUT2D eigenvalue weighted by Crippen LogP contribution is -2.39. The molecule has 1 aromatic carbocycles. The second-order valence-corrected chi connectivity index (χ2v) is 8.65. The van der Waals surface area contributed by atoms with Crippen molar-refractivity contribution in [2.75, 3.05) is 4.72 Å². The summed E-state index contributed by atoms with van der Waals surface area (Å²) in [5.74, 6) is 0. The van der Waals surface area contributed by atoms with E-state index in [0.29, 0.717) is 16.6 Å². The van der Waals surface area contributed by atoms with Crippen LogP contribution in [-0.2, 0) is 14.9 Å². The van der Waals surface area contributed by atoms with E-state index in [1.54, 1.807) is 68.1 Å². The molecule has 10 heteroatoms. The quantitative estimate of drug-likeness (QED) is 0.599. The molecule has 3 N–H and O–H groups in total. The number of carbonyl (C=O) groups is 1. The molecule has 0 fully saturated rings. The van der Waals surface area contributed by atoms with Crippen molar-refractivity contribution >= 4 is 33.0 Å². The highest BCUT2D eigenvalue weighted by atomic mass is 32.2. The second-order valence-electron chi connectivity index (χ2n) is 7.23. The monoisotopic (exact) mass is 416 g/mol. The van der Waals surface area contributed by atoms with Gasteiger partial charge < -0.3 is 9.72 Å². The van der Waals surface area contributed by atoms with Crippen molar-refractivity contribution in [1.82, 2.24) is 14.7 Å². The number of pyridine rings is 2. The summed E-state index contributed by atoms with van der Waals surface area (Å²) in [7, 11) is -4.19. The lowest BCUT2D eigenvalue weighted by atomic mass is 10.0. The van der Waals surface area contributed by atoms with Crippen molar-refractivity contribution in [3.05, 3.63) is 59.0 Å². The van der Waals surface area contributed by atoms with Crippen molar-refractivity contribution in [2.24, 2.45) is 0 Å². The number of nitrogens with zero attached hydrogens (tertiary/aromatic N) is 1. The zero-order chi connectivity index (χ0) is 21.2. The molecule has 0 unspecified atom stereocenters. The van der Waals surface area contributed by atoms with Gasteiger partial charge in [-0.1, -0.05) is 12.1 Å². The summed E-state index contributed by atoms with van der Waals surface area (Å²) in [6.07, 6.45) is 0.472. The maximum absolute atomic E-state index is 12.2. The van der Waals surface area contributed by atoms with Gasteiger partial charge in [-0.25, -0.2) is 14.5 Å². The maximum atomic E-state index is 12.2. The first-order chi connectivity index (χ1) is 13.5. The Kier molecular flexibility index (Phi) is 5.29. The van der Waals surface area contributed by atoms with Crippen molar-refractivity contribution < 1.29 is 17.9 Å². The lowest BCUT2D eigenvalue weighted by Gasteiger charge is -2.19. The van der Waals surface area contributed by atoms with Gasteiger partial charge in [-0.2, -0.15) is 8.42 Å². The molecule has 29 heavy (non-hydrogen) atoms. The minimum absolute atomic E-state index is 0.243. The fraction of sp³-hybridized carbons (Fsp3) is 0.211. The van der Waals surface area contributed by atoms with Crippen LogP contribution in [0, 0.1) is 0 Å². The van der Waals surface area contributed by atoms with Gasteiger partial charge in [0, 0.05) is 17.6 Å². The molecule has 0 saturated carbocycles. The molecule has 0 saturated heterocycles. The average molecular weight is 416 g/mol. The summed E-state index contributed by atoms with van der Waals surface area (Å²) in [5, 5.41) is 0.707. The molecule has 9 nitrogen and oxygen atoms in total. The minimum atomic E-state index is -4.19. The number of H-pyrrole nitrogens is 1. The number of fused-ring (bicyclic) bond motifs is 1. The number of amides is 1. The van der Waals surface area contributed by atoms with E-state index in [0.717, 1.165) is 5.56 Å². The first-order valence-corrected chi connectivity index (χ1v) is 10.1. The molecular weight excluding hydrogens is 396 g/mol. The van der Waals surface area contributed by atoms with Crippen LogP contribution in [0.4, 0.5) is 10.5 Å². The first kappa shape index (κ1) is 20.3. The van der Waals surface area contributed by atoms with Crippen molar-refractivity contribution in [3.8, 4) is 11.1 Å². The average Bonchev–Trinajstić information content (AvgIpc) is 2.58. The van der Waals surface area contributed by atoms with E-state index in [2.05, 4.69) is 14.7 Å². The lowest BCUT2D eigenvalue weighted by molar-refractivity contribution is 0.0570. The number of ether oxygens (including phenoxy) is 1. The molecule has 0 bridgehead atoms. The molecule has 0 aliphatic heterocycles. The number of anilines is 1. The van der Waals surface area contributed by atoms with E-state index < -0.39 is 21.9 Å². The Morgan fingerprint density at radius 1 is 1.14 bits per heavy atom. The number of hydrogen-bond acceptors (Lipinski definition) is 6. The first-order valence-electron chi connectivity index (χ1n) is 8.64. The van der Waals surface area contributed by atoms with Crippen LogP contribution < -0.4 is 15.0 Å². The summed E-state index contributed by atoms with van der Waals surface area (Å²) in [6.45, 7) is 4.88. The zero-order valence-electron chi connectivity index (χ0n) is 16.0. The fourth-order valence-corrected chi connectivity index (χ4v) is 3.40. The van der Waals surface area contributed by atoms with Crippen molar-refractivity contribution in [1.29, 1.82) is 0 Å². The Bertz CT molecular complexity index is 1230. The Hall–Kier alpha value is -3.40. The standard InChI is InChI=1S/C19H20N4O5S/c1-19(2,3)28-18(25)23-29(26,27)22-13-6-4-5-12(11-13)14-9-10-20-17-15(14)7-8-16(24)21-17/h4-11,22H,1-3H3,(H,23,25)(H,20,21,24). The highest BCUT2D eigenvalue weighted by Gasteiger charge is 2.21. The number of aromatic nitrogens is 2. The predicted molar refractivity (Wildman–Crippen MR) is 110 cm³/mol. The molecule has 3 rings (SSSR count). The second kappa shape index (κ2) is 7.55. The number of carbonyl (C=O) groups excluding carboxylic acids is 1. The third kappa shape index (κ3) is 5.32. The topological polar surface area (TPSA) is 130 Å². The Balaban J connectivity index is 1.87. The van der Waals surface area contributed by atoms with Crippen LogP contribution in [-0.4, -0.2) is 30.1 Å². The van der Waals surface area contributed by atoms with Gasteiger partial charge in [0.25, 0.3) is 0 Å².